The zero-order chi connectivity index (χ0) is 15.2. The van der Waals surface area contributed by atoms with Gasteiger partial charge in [-0.1, -0.05) is 29.8 Å². The van der Waals surface area contributed by atoms with E-state index in [-0.39, 0.29) is 17.9 Å². The Morgan fingerprint density at radius 1 is 1.38 bits per heavy atom. The standard InChI is InChI=1S/C17H23N3O/c1-13-3-5-15(6-4-13)12-19-17(21)16-7-9-20(10-8-16)14(2)11-18/h3-6,14,16H,7-10,12H2,1-2H3,(H,19,21)/t14-/m1/s1. The van der Waals surface area contributed by atoms with Crippen molar-refractivity contribution in [3.05, 3.63) is 35.4 Å². The van der Waals surface area contributed by atoms with Crippen LogP contribution >= 0.6 is 0 Å². The van der Waals surface area contributed by atoms with Crippen LogP contribution in [0.1, 0.15) is 30.9 Å². The van der Waals surface area contributed by atoms with Gasteiger partial charge in [0.2, 0.25) is 5.91 Å². The fourth-order valence-electron chi connectivity index (χ4n) is 2.67. The van der Waals surface area contributed by atoms with Gasteiger partial charge in [0.15, 0.2) is 0 Å². The van der Waals surface area contributed by atoms with E-state index in [1.165, 1.54) is 5.56 Å². The summed E-state index contributed by atoms with van der Waals surface area (Å²) < 4.78 is 0. The number of rotatable bonds is 4. The molecule has 1 aliphatic heterocycles. The molecule has 0 radical (unpaired) electrons. The normalized spacial score (nSPS) is 18.0. The summed E-state index contributed by atoms with van der Waals surface area (Å²) >= 11 is 0. The number of carbonyl (C=O) groups is 1. The molecule has 0 spiro atoms. The summed E-state index contributed by atoms with van der Waals surface area (Å²) in [4.78, 5) is 14.3. The molecule has 21 heavy (non-hydrogen) atoms. The van der Waals surface area contributed by atoms with Gasteiger partial charge in [-0.15, -0.1) is 0 Å². The van der Waals surface area contributed by atoms with E-state index in [2.05, 4.69) is 35.3 Å². The Morgan fingerprint density at radius 2 is 2.00 bits per heavy atom. The summed E-state index contributed by atoms with van der Waals surface area (Å²) in [6.45, 7) is 6.22. The number of carbonyl (C=O) groups excluding carboxylic acids is 1. The number of piperidine rings is 1. The molecule has 0 aliphatic carbocycles. The summed E-state index contributed by atoms with van der Waals surface area (Å²) in [6, 6.07) is 10.4. The highest BCUT2D eigenvalue weighted by Crippen LogP contribution is 2.19. The number of hydrogen-bond acceptors (Lipinski definition) is 3. The van der Waals surface area contributed by atoms with E-state index in [1.54, 1.807) is 0 Å². The number of likely N-dealkylation sites (tertiary alicyclic amines) is 1. The number of hydrogen-bond donors (Lipinski definition) is 1. The van der Waals surface area contributed by atoms with E-state index in [4.69, 9.17) is 5.26 Å². The van der Waals surface area contributed by atoms with Crippen LogP contribution in [0.4, 0.5) is 0 Å². The lowest BCUT2D eigenvalue weighted by atomic mass is 9.95. The smallest absolute Gasteiger partial charge is 0.223 e. The molecule has 1 fully saturated rings. The maximum atomic E-state index is 12.2. The SMILES string of the molecule is Cc1ccc(CNC(=O)C2CCN([C@H](C)C#N)CC2)cc1. The second-order valence-electron chi connectivity index (χ2n) is 5.82. The van der Waals surface area contributed by atoms with Crippen molar-refractivity contribution in [2.75, 3.05) is 13.1 Å². The first-order valence-electron chi connectivity index (χ1n) is 7.57. The van der Waals surface area contributed by atoms with Gasteiger partial charge in [0.1, 0.15) is 0 Å². The van der Waals surface area contributed by atoms with Gasteiger partial charge in [0.05, 0.1) is 12.1 Å². The zero-order valence-corrected chi connectivity index (χ0v) is 12.8. The lowest BCUT2D eigenvalue weighted by Crippen LogP contribution is -2.43. The summed E-state index contributed by atoms with van der Waals surface area (Å²) in [6.07, 6.45) is 1.68. The second-order valence-corrected chi connectivity index (χ2v) is 5.82. The van der Waals surface area contributed by atoms with Gasteiger partial charge in [0, 0.05) is 25.6 Å². The second kappa shape index (κ2) is 7.24. The highest BCUT2D eigenvalue weighted by Gasteiger charge is 2.26. The fraction of sp³-hybridized carbons (Fsp3) is 0.529. The number of benzene rings is 1. The molecule has 1 aromatic carbocycles. The van der Waals surface area contributed by atoms with E-state index < -0.39 is 0 Å². The quantitative estimate of drug-likeness (QED) is 0.923. The summed E-state index contributed by atoms with van der Waals surface area (Å²) in [5, 5.41) is 11.9. The Hall–Kier alpha value is -1.86. The molecule has 1 saturated heterocycles. The minimum absolute atomic E-state index is 0.0541. The highest BCUT2D eigenvalue weighted by molar-refractivity contribution is 5.78. The predicted octanol–water partition coefficient (Wildman–Crippen LogP) is 2.24. The van der Waals surface area contributed by atoms with Crippen LogP contribution in [0.2, 0.25) is 0 Å². The number of amides is 1. The predicted molar refractivity (Wildman–Crippen MR) is 82.4 cm³/mol. The molecule has 1 N–H and O–H groups in total. The van der Waals surface area contributed by atoms with Crippen molar-refractivity contribution in [2.24, 2.45) is 5.92 Å². The molecular formula is C17H23N3O. The average Bonchev–Trinajstić information content (AvgIpc) is 2.53. The Bertz CT molecular complexity index is 510. The molecule has 112 valence electrons. The van der Waals surface area contributed by atoms with Crippen molar-refractivity contribution < 1.29 is 4.79 Å². The van der Waals surface area contributed by atoms with E-state index in [0.717, 1.165) is 31.5 Å². The van der Waals surface area contributed by atoms with E-state index in [0.29, 0.717) is 6.54 Å². The summed E-state index contributed by atoms with van der Waals surface area (Å²) in [7, 11) is 0. The molecule has 0 unspecified atom stereocenters. The van der Waals surface area contributed by atoms with Gasteiger partial charge in [-0.25, -0.2) is 0 Å². The molecule has 1 aromatic rings. The third-order valence-electron chi connectivity index (χ3n) is 4.22. The number of nitrogens with one attached hydrogen (secondary N) is 1. The van der Waals surface area contributed by atoms with Crippen LogP contribution in [0.15, 0.2) is 24.3 Å². The molecule has 0 bridgehead atoms. The molecule has 1 aliphatic rings. The largest absolute Gasteiger partial charge is 0.352 e. The van der Waals surface area contributed by atoms with Gasteiger partial charge < -0.3 is 5.32 Å². The van der Waals surface area contributed by atoms with Crippen LogP contribution < -0.4 is 5.32 Å². The summed E-state index contributed by atoms with van der Waals surface area (Å²) in [5.41, 5.74) is 2.36. The van der Waals surface area contributed by atoms with E-state index in [9.17, 15) is 4.79 Å². The van der Waals surface area contributed by atoms with Crippen LogP contribution in [0.3, 0.4) is 0 Å². The fourth-order valence-corrected chi connectivity index (χ4v) is 2.67. The highest BCUT2D eigenvalue weighted by atomic mass is 16.1. The maximum Gasteiger partial charge on any atom is 0.223 e. The monoisotopic (exact) mass is 285 g/mol. The Morgan fingerprint density at radius 3 is 2.57 bits per heavy atom. The van der Waals surface area contributed by atoms with Crippen LogP contribution in [-0.4, -0.2) is 29.9 Å². The van der Waals surface area contributed by atoms with Crippen molar-refractivity contribution in [3.63, 3.8) is 0 Å². The molecule has 4 nitrogen and oxygen atoms in total. The van der Waals surface area contributed by atoms with Gasteiger partial charge in [-0.3, -0.25) is 9.69 Å². The summed E-state index contributed by atoms with van der Waals surface area (Å²) in [5.74, 6) is 0.220. The lowest BCUT2D eigenvalue weighted by Gasteiger charge is -2.32. The molecule has 0 aromatic heterocycles. The van der Waals surface area contributed by atoms with Crippen molar-refractivity contribution in [2.45, 2.75) is 39.3 Å². The first kappa shape index (κ1) is 15.5. The van der Waals surface area contributed by atoms with Crippen LogP contribution in [0.25, 0.3) is 0 Å². The van der Waals surface area contributed by atoms with Gasteiger partial charge >= 0.3 is 0 Å². The molecule has 2 rings (SSSR count). The first-order valence-corrected chi connectivity index (χ1v) is 7.57. The molecular weight excluding hydrogens is 262 g/mol. The first-order chi connectivity index (χ1) is 10.1. The Kier molecular flexibility index (Phi) is 5.35. The number of aryl methyl sites for hydroxylation is 1. The number of nitriles is 1. The molecule has 4 heteroatoms. The van der Waals surface area contributed by atoms with Crippen molar-refractivity contribution in [1.82, 2.24) is 10.2 Å². The van der Waals surface area contributed by atoms with Gasteiger partial charge in [0.25, 0.3) is 0 Å². The maximum absolute atomic E-state index is 12.2. The van der Waals surface area contributed by atoms with E-state index in [1.807, 2.05) is 19.1 Å². The van der Waals surface area contributed by atoms with E-state index >= 15 is 0 Å². The van der Waals surface area contributed by atoms with Crippen LogP contribution in [0.5, 0.6) is 0 Å². The van der Waals surface area contributed by atoms with Crippen LogP contribution in [0, 0.1) is 24.2 Å². The molecule has 1 atom stereocenters. The minimum atomic E-state index is -0.0541. The van der Waals surface area contributed by atoms with Crippen molar-refractivity contribution in [3.8, 4) is 6.07 Å². The average molecular weight is 285 g/mol. The zero-order valence-electron chi connectivity index (χ0n) is 12.8. The Balaban J connectivity index is 1.77. The van der Waals surface area contributed by atoms with Gasteiger partial charge in [-0.2, -0.15) is 5.26 Å². The number of nitrogens with zero attached hydrogens (tertiary/aromatic N) is 2. The Labute approximate surface area is 126 Å². The topological polar surface area (TPSA) is 56.1 Å². The third-order valence-corrected chi connectivity index (χ3v) is 4.22. The lowest BCUT2D eigenvalue weighted by molar-refractivity contribution is -0.126. The third kappa shape index (κ3) is 4.30. The minimum Gasteiger partial charge on any atom is -0.352 e. The van der Waals surface area contributed by atoms with Crippen molar-refractivity contribution >= 4 is 5.91 Å². The molecule has 1 amide bonds. The van der Waals surface area contributed by atoms with Gasteiger partial charge in [-0.05, 0) is 32.3 Å². The molecule has 1 heterocycles. The van der Waals surface area contributed by atoms with Crippen molar-refractivity contribution in [1.29, 1.82) is 5.26 Å². The molecule has 0 saturated carbocycles. The van der Waals surface area contributed by atoms with Crippen LogP contribution in [-0.2, 0) is 11.3 Å².